The maximum absolute atomic E-state index is 12.0. The maximum atomic E-state index is 12.0. The third-order valence-corrected chi connectivity index (χ3v) is 8.10. The van der Waals surface area contributed by atoms with Crippen LogP contribution in [0, 0.1) is 0 Å². The van der Waals surface area contributed by atoms with Crippen LogP contribution in [0.15, 0.2) is 71.6 Å². The minimum absolute atomic E-state index is 0.285. The van der Waals surface area contributed by atoms with Crippen molar-refractivity contribution >= 4 is 39.2 Å². The molecule has 0 spiro atoms. The van der Waals surface area contributed by atoms with E-state index in [0.717, 1.165) is 32.4 Å². The Balaban J connectivity index is 1.83. The number of para-hydroxylation sites is 1. The second kappa shape index (κ2) is 9.37. The first-order valence-corrected chi connectivity index (χ1v) is 13.6. The summed E-state index contributed by atoms with van der Waals surface area (Å²) in [6.45, 7) is 4.47. The lowest BCUT2D eigenvalue weighted by molar-refractivity contribution is -0.109. The number of benzene rings is 2. The third-order valence-electron chi connectivity index (χ3n) is 5.52. The van der Waals surface area contributed by atoms with Crippen molar-refractivity contribution in [1.82, 2.24) is 15.1 Å². The van der Waals surface area contributed by atoms with Gasteiger partial charge in [0.05, 0.1) is 31.9 Å². The van der Waals surface area contributed by atoms with Crippen LogP contribution in [0.5, 0.6) is 0 Å². The van der Waals surface area contributed by atoms with Crippen LogP contribution in [0.1, 0.15) is 19.5 Å². The molecule has 0 aliphatic rings. The van der Waals surface area contributed by atoms with Gasteiger partial charge < -0.3 is 5.32 Å². The van der Waals surface area contributed by atoms with E-state index >= 15 is 0 Å². The number of hydrogen-bond acceptors (Lipinski definition) is 5. The zero-order valence-corrected chi connectivity index (χ0v) is 21.3. The summed E-state index contributed by atoms with van der Waals surface area (Å²) in [6, 6.07) is 20.4. The van der Waals surface area contributed by atoms with Gasteiger partial charge in [0.15, 0.2) is 9.84 Å². The molecule has 0 atom stereocenters. The minimum atomic E-state index is -3.30. The molecule has 176 valence electrons. The number of amides is 1. The van der Waals surface area contributed by atoms with Crippen molar-refractivity contribution in [3.63, 3.8) is 0 Å². The molecule has 0 aliphatic heterocycles. The fraction of sp³-hybridized carbons (Fsp3) is 0.200. The summed E-state index contributed by atoms with van der Waals surface area (Å²) in [6.07, 6.45) is 1.89. The molecule has 6 nitrogen and oxygen atoms in total. The van der Waals surface area contributed by atoms with Crippen molar-refractivity contribution in [1.29, 1.82) is 0 Å². The fourth-order valence-electron chi connectivity index (χ4n) is 3.59. The van der Waals surface area contributed by atoms with E-state index in [-0.39, 0.29) is 4.90 Å². The summed E-state index contributed by atoms with van der Waals surface area (Å²) < 4.78 is 25.8. The van der Waals surface area contributed by atoms with Crippen LogP contribution in [0.25, 0.3) is 26.7 Å². The molecule has 4 rings (SSSR count). The van der Waals surface area contributed by atoms with E-state index in [9.17, 15) is 13.2 Å². The average Bonchev–Trinajstić information content (AvgIpc) is 3.45. The number of nitrogens with zero attached hydrogens (tertiary/aromatic N) is 2. The zero-order chi connectivity index (χ0) is 24.5. The number of sulfone groups is 1. The van der Waals surface area contributed by atoms with E-state index in [4.69, 9.17) is 16.7 Å². The highest BCUT2D eigenvalue weighted by atomic mass is 35.5. The molecule has 0 saturated heterocycles. The second-order valence-electron chi connectivity index (χ2n) is 8.62. The Bertz CT molecular complexity index is 1460. The van der Waals surface area contributed by atoms with Crippen LogP contribution < -0.4 is 5.32 Å². The molecule has 9 heteroatoms. The summed E-state index contributed by atoms with van der Waals surface area (Å²) in [5.41, 5.74) is 2.84. The lowest BCUT2D eigenvalue weighted by atomic mass is 9.89. The van der Waals surface area contributed by atoms with Gasteiger partial charge in [0.25, 0.3) is 0 Å². The van der Waals surface area contributed by atoms with E-state index in [2.05, 4.69) is 5.32 Å². The number of halogens is 1. The van der Waals surface area contributed by atoms with Crippen molar-refractivity contribution < 1.29 is 13.2 Å². The van der Waals surface area contributed by atoms with Crippen LogP contribution in [0.3, 0.4) is 0 Å². The number of nitrogens with one attached hydrogen (secondary N) is 1. The average molecular weight is 514 g/mol. The molecule has 0 unspecified atom stereocenters. The molecule has 34 heavy (non-hydrogen) atoms. The number of carbonyl (C=O) groups excluding carboxylic acids is 1. The Hall–Kier alpha value is -2.94. The smallest absolute Gasteiger partial charge is 0.207 e. The highest BCUT2D eigenvalue weighted by molar-refractivity contribution is 7.90. The van der Waals surface area contributed by atoms with Gasteiger partial charge in [0, 0.05) is 23.1 Å². The van der Waals surface area contributed by atoms with Crippen LogP contribution in [0.4, 0.5) is 0 Å². The predicted molar refractivity (Wildman–Crippen MR) is 138 cm³/mol. The van der Waals surface area contributed by atoms with E-state index in [1.165, 1.54) is 6.26 Å². The monoisotopic (exact) mass is 513 g/mol. The van der Waals surface area contributed by atoms with Gasteiger partial charge in [-0.05, 0) is 48.0 Å². The van der Waals surface area contributed by atoms with E-state index < -0.39 is 15.3 Å². The molecular weight excluding hydrogens is 490 g/mol. The normalized spacial score (nSPS) is 12.0. The van der Waals surface area contributed by atoms with E-state index in [1.54, 1.807) is 29.5 Å². The maximum Gasteiger partial charge on any atom is 0.207 e. The molecular formula is C25H24ClN3O3S2. The molecule has 1 amide bonds. The Morgan fingerprint density at radius 2 is 1.79 bits per heavy atom. The summed E-state index contributed by atoms with van der Waals surface area (Å²) in [5, 5.41) is 8.19. The van der Waals surface area contributed by atoms with Gasteiger partial charge >= 0.3 is 0 Å². The summed E-state index contributed by atoms with van der Waals surface area (Å²) in [7, 11) is -3.30. The summed E-state index contributed by atoms with van der Waals surface area (Å²) in [4.78, 5) is 13.1. The molecule has 2 aromatic carbocycles. The number of rotatable bonds is 8. The van der Waals surface area contributed by atoms with Gasteiger partial charge in [-0.25, -0.2) is 13.1 Å². The van der Waals surface area contributed by atoms with Crippen molar-refractivity contribution in [3.05, 3.63) is 77.4 Å². The topological polar surface area (TPSA) is 81.1 Å². The molecule has 0 fully saturated rings. The SMILES string of the molecule is CC(C)(CNC=O)c1cc(-c2ccc(-c3cccc(S(C)(=O)=O)c3)s2)n(-c2ccccc2Cl)n1. The zero-order valence-electron chi connectivity index (χ0n) is 18.9. The first kappa shape index (κ1) is 24.2. The molecule has 0 bridgehead atoms. The number of thiophene rings is 1. The quantitative estimate of drug-likeness (QED) is 0.322. The lowest BCUT2D eigenvalue weighted by Crippen LogP contribution is -2.32. The van der Waals surface area contributed by atoms with Crippen molar-refractivity contribution in [2.24, 2.45) is 0 Å². The van der Waals surface area contributed by atoms with Gasteiger partial charge in [0.1, 0.15) is 0 Å². The van der Waals surface area contributed by atoms with Crippen LogP contribution in [-0.2, 0) is 20.0 Å². The van der Waals surface area contributed by atoms with Crippen LogP contribution in [0.2, 0.25) is 5.02 Å². The molecule has 4 aromatic rings. The number of aromatic nitrogens is 2. The van der Waals surface area contributed by atoms with E-state index in [0.29, 0.717) is 18.0 Å². The molecule has 1 N–H and O–H groups in total. The third kappa shape index (κ3) is 4.94. The first-order chi connectivity index (χ1) is 16.1. The largest absolute Gasteiger partial charge is 0.358 e. The first-order valence-electron chi connectivity index (χ1n) is 10.5. The van der Waals surface area contributed by atoms with Crippen molar-refractivity contribution in [2.45, 2.75) is 24.2 Å². The van der Waals surface area contributed by atoms with Gasteiger partial charge in [-0.1, -0.05) is 49.7 Å². The fourth-order valence-corrected chi connectivity index (χ4v) is 5.48. The van der Waals surface area contributed by atoms with E-state index in [1.807, 2.05) is 67.1 Å². The highest BCUT2D eigenvalue weighted by Gasteiger charge is 2.27. The number of hydrogen-bond donors (Lipinski definition) is 1. The Morgan fingerprint density at radius 3 is 2.50 bits per heavy atom. The minimum Gasteiger partial charge on any atom is -0.358 e. The predicted octanol–water partition coefficient (Wildman–Crippen LogP) is 5.35. The molecule has 0 aliphatic carbocycles. The summed E-state index contributed by atoms with van der Waals surface area (Å²) >= 11 is 8.06. The Kier molecular flexibility index (Phi) is 6.66. The Labute approximate surface area is 208 Å². The lowest BCUT2D eigenvalue weighted by Gasteiger charge is -2.21. The Morgan fingerprint density at radius 1 is 1.06 bits per heavy atom. The molecule has 0 radical (unpaired) electrons. The highest BCUT2D eigenvalue weighted by Crippen LogP contribution is 2.38. The van der Waals surface area contributed by atoms with Crippen molar-refractivity contribution in [2.75, 3.05) is 12.8 Å². The second-order valence-corrected chi connectivity index (χ2v) is 12.1. The van der Waals surface area contributed by atoms with Gasteiger partial charge in [0.2, 0.25) is 6.41 Å². The van der Waals surface area contributed by atoms with Gasteiger partial charge in [-0.15, -0.1) is 11.3 Å². The molecule has 2 heterocycles. The molecule has 2 aromatic heterocycles. The number of carbonyl (C=O) groups is 1. The summed E-state index contributed by atoms with van der Waals surface area (Å²) in [5.74, 6) is 0. The standard InChI is InChI=1S/C25H24ClN3O3S2/c1-25(2,15-27-16-30)24-14-21(29(28-24)20-10-5-4-9-19(20)26)23-12-11-22(33-23)17-7-6-8-18(13-17)34(3,31)32/h4-14,16H,15H2,1-3H3,(H,27,30). The van der Waals surface area contributed by atoms with Crippen LogP contribution >= 0.6 is 22.9 Å². The van der Waals surface area contributed by atoms with Gasteiger partial charge in [-0.3, -0.25) is 4.79 Å². The molecule has 0 saturated carbocycles. The van der Waals surface area contributed by atoms with Crippen LogP contribution in [-0.4, -0.2) is 37.4 Å². The van der Waals surface area contributed by atoms with Gasteiger partial charge in [-0.2, -0.15) is 5.10 Å². The van der Waals surface area contributed by atoms with Crippen molar-refractivity contribution in [3.8, 4) is 26.7 Å².